The van der Waals surface area contributed by atoms with E-state index in [1.807, 2.05) is 0 Å². The summed E-state index contributed by atoms with van der Waals surface area (Å²) in [5.41, 5.74) is 0.715. The molecule has 0 bridgehead atoms. The molecule has 0 N–H and O–H groups in total. The van der Waals surface area contributed by atoms with Crippen LogP contribution in [-0.2, 0) is 0 Å². The van der Waals surface area contributed by atoms with Gasteiger partial charge in [-0.05, 0) is 45.2 Å². The standard InChI is InChI=1S/C10H19IN2/c1-9(2)12-5-3-10(4-6-12)7-13(11)8-10/h9H,3-8H2,1-2H3. The molecule has 0 aromatic heterocycles. The van der Waals surface area contributed by atoms with Gasteiger partial charge in [0.15, 0.2) is 0 Å². The van der Waals surface area contributed by atoms with Crippen LogP contribution in [0.15, 0.2) is 0 Å². The topological polar surface area (TPSA) is 6.48 Å². The Kier molecular flexibility index (Phi) is 2.87. The van der Waals surface area contributed by atoms with Crippen molar-refractivity contribution in [2.75, 3.05) is 26.2 Å². The summed E-state index contributed by atoms with van der Waals surface area (Å²) in [5, 5.41) is 0. The highest BCUT2D eigenvalue weighted by molar-refractivity contribution is 14.1. The first-order valence-corrected chi connectivity index (χ1v) is 6.23. The predicted octanol–water partition coefficient (Wildman–Crippen LogP) is 2.14. The van der Waals surface area contributed by atoms with E-state index in [0.717, 1.165) is 6.04 Å². The lowest BCUT2D eigenvalue weighted by atomic mass is 9.73. The fourth-order valence-electron chi connectivity index (χ4n) is 2.51. The Morgan fingerprint density at radius 2 is 1.69 bits per heavy atom. The third-order valence-electron chi connectivity index (χ3n) is 3.60. The second-order valence-electron chi connectivity index (χ2n) is 4.91. The molecule has 0 saturated carbocycles. The van der Waals surface area contributed by atoms with E-state index in [4.69, 9.17) is 0 Å². The average molecular weight is 294 g/mol. The number of likely N-dealkylation sites (tertiary alicyclic amines) is 1. The van der Waals surface area contributed by atoms with E-state index in [1.165, 1.54) is 39.0 Å². The summed E-state index contributed by atoms with van der Waals surface area (Å²) in [5.74, 6) is 0. The molecule has 13 heavy (non-hydrogen) atoms. The third kappa shape index (κ3) is 2.02. The molecule has 0 amide bonds. The summed E-state index contributed by atoms with van der Waals surface area (Å²) in [6, 6.07) is 0.744. The van der Waals surface area contributed by atoms with Crippen LogP contribution in [-0.4, -0.2) is 40.2 Å². The summed E-state index contributed by atoms with van der Waals surface area (Å²) in [7, 11) is 0. The van der Waals surface area contributed by atoms with Crippen LogP contribution >= 0.6 is 22.9 Å². The quantitative estimate of drug-likeness (QED) is 0.540. The molecule has 1 spiro atoms. The Bertz CT molecular complexity index is 177. The lowest BCUT2D eigenvalue weighted by molar-refractivity contribution is 0.00641. The summed E-state index contributed by atoms with van der Waals surface area (Å²) in [6.07, 6.45) is 2.84. The van der Waals surface area contributed by atoms with Crippen molar-refractivity contribution >= 4 is 22.9 Å². The SMILES string of the molecule is CC(C)N1CCC2(CC1)CN(I)C2. The number of hydrogen-bond donors (Lipinski definition) is 0. The van der Waals surface area contributed by atoms with Crippen LogP contribution in [0.3, 0.4) is 0 Å². The molecule has 3 heteroatoms. The molecule has 0 aliphatic carbocycles. The van der Waals surface area contributed by atoms with Crippen molar-refractivity contribution in [3.8, 4) is 0 Å². The molecule has 2 nitrogen and oxygen atoms in total. The van der Waals surface area contributed by atoms with Gasteiger partial charge in [-0.1, -0.05) is 0 Å². The fourth-order valence-corrected chi connectivity index (χ4v) is 3.96. The van der Waals surface area contributed by atoms with Crippen molar-refractivity contribution in [2.45, 2.75) is 32.7 Å². The first-order valence-electron chi connectivity index (χ1n) is 5.26. The van der Waals surface area contributed by atoms with Crippen molar-refractivity contribution < 1.29 is 0 Å². The Hall–Kier alpha value is 0.650. The molecule has 0 atom stereocenters. The zero-order chi connectivity index (χ0) is 9.47. The summed E-state index contributed by atoms with van der Waals surface area (Å²) >= 11 is 2.44. The van der Waals surface area contributed by atoms with Gasteiger partial charge >= 0.3 is 0 Å². The van der Waals surface area contributed by atoms with Crippen LogP contribution in [0.2, 0.25) is 0 Å². The first-order chi connectivity index (χ1) is 6.11. The minimum Gasteiger partial charge on any atom is -0.301 e. The molecule has 2 heterocycles. The van der Waals surface area contributed by atoms with Gasteiger partial charge in [-0.15, -0.1) is 0 Å². The summed E-state index contributed by atoms with van der Waals surface area (Å²) in [4.78, 5) is 2.61. The Morgan fingerprint density at radius 3 is 2.08 bits per heavy atom. The number of halogens is 1. The Balaban J connectivity index is 1.83. The predicted molar refractivity (Wildman–Crippen MR) is 64.0 cm³/mol. The smallest absolute Gasteiger partial charge is 0.0201 e. The molecule has 2 fully saturated rings. The van der Waals surface area contributed by atoms with Crippen LogP contribution in [0.4, 0.5) is 0 Å². The van der Waals surface area contributed by atoms with E-state index >= 15 is 0 Å². The van der Waals surface area contributed by atoms with Gasteiger partial charge in [0.25, 0.3) is 0 Å². The number of hydrogen-bond acceptors (Lipinski definition) is 2. The van der Waals surface area contributed by atoms with Crippen LogP contribution in [0.1, 0.15) is 26.7 Å². The Labute approximate surface area is 95.2 Å². The largest absolute Gasteiger partial charge is 0.301 e. The maximum atomic E-state index is 2.61. The molecule has 2 aliphatic heterocycles. The molecule has 76 valence electrons. The van der Waals surface area contributed by atoms with Crippen LogP contribution < -0.4 is 0 Å². The molecule has 0 unspecified atom stereocenters. The fraction of sp³-hybridized carbons (Fsp3) is 1.00. The molecular formula is C10H19IN2. The number of nitrogens with zero attached hydrogens (tertiary/aromatic N) is 2. The van der Waals surface area contributed by atoms with E-state index in [9.17, 15) is 0 Å². The summed E-state index contributed by atoms with van der Waals surface area (Å²) in [6.45, 7) is 9.93. The summed E-state index contributed by atoms with van der Waals surface area (Å²) < 4.78 is 2.42. The van der Waals surface area contributed by atoms with Gasteiger partial charge in [0.05, 0.1) is 0 Å². The van der Waals surface area contributed by atoms with Crippen molar-refractivity contribution in [3.63, 3.8) is 0 Å². The Morgan fingerprint density at radius 1 is 1.15 bits per heavy atom. The molecule has 0 aromatic rings. The van der Waals surface area contributed by atoms with Gasteiger partial charge in [0.2, 0.25) is 0 Å². The lowest BCUT2D eigenvalue weighted by Gasteiger charge is -2.52. The zero-order valence-electron chi connectivity index (χ0n) is 8.59. The number of piperidine rings is 1. The molecule has 2 saturated heterocycles. The minimum absolute atomic E-state index is 0.715. The van der Waals surface area contributed by atoms with E-state index < -0.39 is 0 Å². The van der Waals surface area contributed by atoms with E-state index in [0.29, 0.717) is 5.41 Å². The van der Waals surface area contributed by atoms with E-state index in [2.05, 4.69) is 44.7 Å². The van der Waals surface area contributed by atoms with Gasteiger partial charge in [0.1, 0.15) is 0 Å². The molecular weight excluding hydrogens is 275 g/mol. The second kappa shape index (κ2) is 3.66. The van der Waals surface area contributed by atoms with Gasteiger partial charge in [-0.25, -0.2) is 3.11 Å². The third-order valence-corrected chi connectivity index (χ3v) is 4.29. The minimum atomic E-state index is 0.715. The monoisotopic (exact) mass is 294 g/mol. The van der Waals surface area contributed by atoms with Gasteiger partial charge < -0.3 is 4.90 Å². The molecule has 2 aliphatic rings. The van der Waals surface area contributed by atoms with Crippen molar-refractivity contribution in [1.29, 1.82) is 0 Å². The zero-order valence-corrected chi connectivity index (χ0v) is 10.7. The van der Waals surface area contributed by atoms with Crippen LogP contribution in [0, 0.1) is 5.41 Å². The van der Waals surface area contributed by atoms with Crippen LogP contribution in [0.25, 0.3) is 0 Å². The highest BCUT2D eigenvalue weighted by Gasteiger charge is 2.43. The maximum Gasteiger partial charge on any atom is 0.0201 e. The number of rotatable bonds is 1. The molecule has 2 rings (SSSR count). The van der Waals surface area contributed by atoms with Gasteiger partial charge in [-0.3, -0.25) is 0 Å². The lowest BCUT2D eigenvalue weighted by Crippen LogP contribution is -2.57. The molecule has 0 radical (unpaired) electrons. The van der Waals surface area contributed by atoms with Crippen LogP contribution in [0.5, 0.6) is 0 Å². The second-order valence-corrected chi connectivity index (χ2v) is 6.27. The van der Waals surface area contributed by atoms with Crippen molar-refractivity contribution in [3.05, 3.63) is 0 Å². The highest BCUT2D eigenvalue weighted by Crippen LogP contribution is 2.42. The molecule has 0 aromatic carbocycles. The highest BCUT2D eigenvalue weighted by atomic mass is 127. The van der Waals surface area contributed by atoms with Gasteiger partial charge in [0, 0.05) is 42.0 Å². The van der Waals surface area contributed by atoms with Gasteiger partial charge in [-0.2, -0.15) is 0 Å². The van der Waals surface area contributed by atoms with Crippen molar-refractivity contribution in [1.82, 2.24) is 8.01 Å². The van der Waals surface area contributed by atoms with Crippen molar-refractivity contribution in [2.24, 2.45) is 5.41 Å². The normalized spacial score (nSPS) is 29.5. The van der Waals surface area contributed by atoms with E-state index in [-0.39, 0.29) is 0 Å². The average Bonchev–Trinajstić information content (AvgIpc) is 2.03. The van der Waals surface area contributed by atoms with E-state index in [1.54, 1.807) is 0 Å². The first kappa shape index (κ1) is 10.2. The maximum absolute atomic E-state index is 2.61.